The molecule has 108 valence electrons. The predicted molar refractivity (Wildman–Crippen MR) is 79.1 cm³/mol. The first-order chi connectivity index (χ1) is 9.97. The van der Waals surface area contributed by atoms with Crippen molar-refractivity contribution in [2.45, 2.75) is 13.0 Å². The third kappa shape index (κ3) is 3.83. The van der Waals surface area contributed by atoms with E-state index in [9.17, 15) is 9.59 Å². The molecule has 0 saturated heterocycles. The normalized spacial score (nSPS) is 11.7. The number of benzene rings is 2. The van der Waals surface area contributed by atoms with Crippen molar-refractivity contribution in [3.63, 3.8) is 0 Å². The topological polar surface area (TPSA) is 63.6 Å². The minimum Gasteiger partial charge on any atom is -0.479 e. The highest BCUT2D eigenvalue weighted by molar-refractivity contribution is 6.30. The Balaban J connectivity index is 2.13. The van der Waals surface area contributed by atoms with Crippen LogP contribution in [0.25, 0.3) is 0 Å². The van der Waals surface area contributed by atoms with Gasteiger partial charge in [-0.15, -0.1) is 0 Å². The van der Waals surface area contributed by atoms with Crippen LogP contribution in [-0.2, 0) is 4.79 Å². The molecule has 0 aliphatic rings. The van der Waals surface area contributed by atoms with Gasteiger partial charge in [-0.1, -0.05) is 11.6 Å². The molecule has 0 saturated carbocycles. The second-order valence-electron chi connectivity index (χ2n) is 4.46. The lowest BCUT2D eigenvalue weighted by atomic mass is 10.0. The van der Waals surface area contributed by atoms with Crippen LogP contribution in [0.5, 0.6) is 5.75 Å². The number of hydrogen-bond donors (Lipinski definition) is 1. The molecule has 0 unspecified atom stereocenters. The van der Waals surface area contributed by atoms with Crippen molar-refractivity contribution < 1.29 is 19.4 Å². The summed E-state index contributed by atoms with van der Waals surface area (Å²) in [4.78, 5) is 22.9. The van der Waals surface area contributed by atoms with Crippen molar-refractivity contribution in [3.05, 3.63) is 64.7 Å². The highest BCUT2D eigenvalue weighted by Crippen LogP contribution is 2.18. The average molecular weight is 305 g/mol. The van der Waals surface area contributed by atoms with Crippen LogP contribution in [0.15, 0.2) is 48.5 Å². The Labute approximate surface area is 126 Å². The van der Waals surface area contributed by atoms with Crippen molar-refractivity contribution in [1.29, 1.82) is 0 Å². The van der Waals surface area contributed by atoms with Crippen LogP contribution < -0.4 is 4.74 Å². The molecule has 0 aliphatic heterocycles. The van der Waals surface area contributed by atoms with Gasteiger partial charge in [0.05, 0.1) is 0 Å². The summed E-state index contributed by atoms with van der Waals surface area (Å²) in [5, 5.41) is 9.33. The molecule has 0 amide bonds. The zero-order valence-electron chi connectivity index (χ0n) is 11.2. The zero-order valence-corrected chi connectivity index (χ0v) is 12.0. The summed E-state index contributed by atoms with van der Waals surface area (Å²) in [7, 11) is 0. The van der Waals surface area contributed by atoms with Gasteiger partial charge in [0.15, 0.2) is 11.9 Å². The van der Waals surface area contributed by atoms with Gasteiger partial charge in [-0.3, -0.25) is 4.79 Å². The Bertz CT molecular complexity index is 647. The number of carbonyl (C=O) groups is 2. The number of ether oxygens (including phenoxy) is 1. The minimum absolute atomic E-state index is 0.135. The van der Waals surface area contributed by atoms with Crippen LogP contribution in [0.1, 0.15) is 22.8 Å². The number of ketones is 1. The molecule has 0 heterocycles. The first kappa shape index (κ1) is 15.1. The molecule has 0 bridgehead atoms. The van der Waals surface area contributed by atoms with Gasteiger partial charge in [-0.05, 0) is 55.5 Å². The first-order valence-corrected chi connectivity index (χ1v) is 6.65. The van der Waals surface area contributed by atoms with E-state index in [1.165, 1.54) is 6.92 Å². The number of rotatable bonds is 5. The van der Waals surface area contributed by atoms with Crippen LogP contribution in [0.3, 0.4) is 0 Å². The van der Waals surface area contributed by atoms with Crippen molar-refractivity contribution >= 4 is 23.4 Å². The molecule has 0 spiro atoms. The minimum atomic E-state index is -1.05. The van der Waals surface area contributed by atoms with Gasteiger partial charge >= 0.3 is 5.97 Å². The molecular weight excluding hydrogens is 292 g/mol. The molecule has 0 aromatic heterocycles. The van der Waals surface area contributed by atoms with Crippen LogP contribution in [0.4, 0.5) is 0 Å². The maximum absolute atomic E-state index is 12.2. The second kappa shape index (κ2) is 6.41. The fourth-order valence-electron chi connectivity index (χ4n) is 1.71. The maximum Gasteiger partial charge on any atom is 0.344 e. The second-order valence-corrected chi connectivity index (χ2v) is 4.90. The summed E-state index contributed by atoms with van der Waals surface area (Å²) in [6, 6.07) is 13.0. The van der Waals surface area contributed by atoms with Crippen molar-refractivity contribution in [1.82, 2.24) is 0 Å². The van der Waals surface area contributed by atoms with Crippen LogP contribution in [-0.4, -0.2) is 23.0 Å². The molecular formula is C16H13ClO4. The molecule has 4 nitrogen and oxygen atoms in total. The molecule has 2 aromatic rings. The van der Waals surface area contributed by atoms with Gasteiger partial charge in [0.1, 0.15) is 5.75 Å². The molecule has 0 fully saturated rings. The van der Waals surface area contributed by atoms with E-state index < -0.39 is 12.1 Å². The smallest absolute Gasteiger partial charge is 0.344 e. The lowest BCUT2D eigenvalue weighted by Crippen LogP contribution is -2.22. The van der Waals surface area contributed by atoms with Crippen molar-refractivity contribution in [2.75, 3.05) is 0 Å². The Kier molecular flexibility index (Phi) is 4.60. The van der Waals surface area contributed by atoms with Gasteiger partial charge in [-0.2, -0.15) is 0 Å². The van der Waals surface area contributed by atoms with E-state index in [1.54, 1.807) is 48.5 Å². The number of carboxylic acids is 1. The maximum atomic E-state index is 12.2. The molecule has 0 radical (unpaired) electrons. The number of halogens is 1. The van der Waals surface area contributed by atoms with Crippen LogP contribution in [0.2, 0.25) is 5.02 Å². The molecule has 2 rings (SSSR count). The van der Waals surface area contributed by atoms with Crippen molar-refractivity contribution in [3.8, 4) is 5.75 Å². The molecule has 5 heteroatoms. The number of hydrogen-bond acceptors (Lipinski definition) is 3. The van der Waals surface area contributed by atoms with Gasteiger partial charge in [0.25, 0.3) is 0 Å². The monoisotopic (exact) mass is 304 g/mol. The van der Waals surface area contributed by atoms with E-state index in [0.29, 0.717) is 21.9 Å². The SMILES string of the molecule is C[C@@H](Oc1ccc(C(=O)c2ccc(Cl)cc2)cc1)C(=O)O. The summed E-state index contributed by atoms with van der Waals surface area (Å²) in [6.45, 7) is 1.44. The fraction of sp³-hybridized carbons (Fsp3) is 0.125. The molecule has 21 heavy (non-hydrogen) atoms. The standard InChI is InChI=1S/C16H13ClO4/c1-10(16(19)20)21-14-8-4-12(5-9-14)15(18)11-2-6-13(17)7-3-11/h2-10H,1H3,(H,19,20)/t10-/m1/s1. The predicted octanol–water partition coefficient (Wildman–Crippen LogP) is 3.42. The number of aliphatic carboxylic acids is 1. The Morgan fingerprint density at radius 3 is 1.95 bits per heavy atom. The molecule has 0 aliphatic carbocycles. The summed E-state index contributed by atoms with van der Waals surface area (Å²) in [5.74, 6) is -0.779. The van der Waals surface area contributed by atoms with Gasteiger partial charge < -0.3 is 9.84 Å². The molecule has 1 atom stereocenters. The average Bonchev–Trinajstić information content (AvgIpc) is 2.48. The number of carboxylic acid groups (broad SMARTS) is 1. The molecule has 1 N–H and O–H groups in total. The Morgan fingerprint density at radius 2 is 1.48 bits per heavy atom. The highest BCUT2D eigenvalue weighted by atomic mass is 35.5. The van der Waals surface area contributed by atoms with Crippen LogP contribution in [0, 0.1) is 0 Å². The summed E-state index contributed by atoms with van der Waals surface area (Å²) >= 11 is 5.78. The third-order valence-electron chi connectivity index (χ3n) is 2.88. The van der Waals surface area contributed by atoms with Crippen LogP contribution >= 0.6 is 11.6 Å². The Hall–Kier alpha value is -2.33. The van der Waals surface area contributed by atoms with E-state index in [-0.39, 0.29) is 5.78 Å². The molecule has 2 aromatic carbocycles. The third-order valence-corrected chi connectivity index (χ3v) is 3.14. The lowest BCUT2D eigenvalue weighted by molar-refractivity contribution is -0.144. The van der Waals surface area contributed by atoms with E-state index >= 15 is 0 Å². The fourth-order valence-corrected chi connectivity index (χ4v) is 1.83. The van der Waals surface area contributed by atoms with E-state index in [4.69, 9.17) is 21.4 Å². The highest BCUT2D eigenvalue weighted by Gasteiger charge is 2.13. The summed E-state index contributed by atoms with van der Waals surface area (Å²) in [5.41, 5.74) is 1.03. The van der Waals surface area contributed by atoms with Crippen molar-refractivity contribution in [2.24, 2.45) is 0 Å². The van der Waals surface area contributed by atoms with Gasteiger partial charge in [0.2, 0.25) is 0 Å². The van der Waals surface area contributed by atoms with Gasteiger partial charge in [0, 0.05) is 16.1 Å². The number of carbonyl (C=O) groups excluding carboxylic acids is 1. The largest absolute Gasteiger partial charge is 0.479 e. The summed E-state index contributed by atoms with van der Waals surface area (Å²) < 4.78 is 5.20. The van der Waals surface area contributed by atoms with E-state index in [2.05, 4.69) is 0 Å². The lowest BCUT2D eigenvalue weighted by Gasteiger charge is -2.10. The quantitative estimate of drug-likeness (QED) is 0.860. The van der Waals surface area contributed by atoms with E-state index in [0.717, 1.165) is 0 Å². The Morgan fingerprint density at radius 1 is 1.00 bits per heavy atom. The zero-order chi connectivity index (χ0) is 15.4. The van der Waals surface area contributed by atoms with E-state index in [1.807, 2.05) is 0 Å². The first-order valence-electron chi connectivity index (χ1n) is 6.27. The van der Waals surface area contributed by atoms with Gasteiger partial charge in [-0.25, -0.2) is 4.79 Å². The summed E-state index contributed by atoms with van der Waals surface area (Å²) in [6.07, 6.45) is -0.942.